The molecule has 0 aliphatic carbocycles. The molecule has 230 valence electrons. The zero-order valence-electron chi connectivity index (χ0n) is 25.3. The van der Waals surface area contributed by atoms with Gasteiger partial charge in [0.25, 0.3) is 0 Å². The summed E-state index contributed by atoms with van der Waals surface area (Å²) in [5, 5.41) is 8.18. The first-order chi connectivity index (χ1) is 21.6. The number of anilines is 1. The molecule has 2 aliphatic rings. The number of ether oxygens (including phenoxy) is 1. The van der Waals surface area contributed by atoms with Crippen LogP contribution < -0.4 is 15.3 Å². The first-order valence-electron chi connectivity index (χ1n) is 14.8. The molecule has 0 saturated carbocycles. The van der Waals surface area contributed by atoms with Crippen molar-refractivity contribution in [3.05, 3.63) is 81.4 Å². The van der Waals surface area contributed by atoms with Crippen LogP contribution in [-0.2, 0) is 4.79 Å². The number of rotatable bonds is 4. The number of H-pyrrole nitrogens is 1. The van der Waals surface area contributed by atoms with E-state index in [1.165, 1.54) is 10.6 Å². The molecule has 2 aliphatic heterocycles. The number of piperazine rings is 1. The van der Waals surface area contributed by atoms with Gasteiger partial charge in [-0.15, -0.1) is 0 Å². The maximum atomic E-state index is 17.7. The molecule has 1 unspecified atom stereocenters. The lowest BCUT2D eigenvalue weighted by atomic mass is 9.94. The van der Waals surface area contributed by atoms with E-state index in [0.29, 0.717) is 52.9 Å². The lowest BCUT2D eigenvalue weighted by molar-refractivity contribution is -0.126. The molecular weight excluding hydrogens is 597 g/mol. The van der Waals surface area contributed by atoms with Gasteiger partial charge in [0.05, 0.1) is 39.5 Å². The van der Waals surface area contributed by atoms with Gasteiger partial charge in [-0.2, -0.15) is 10.1 Å². The predicted molar refractivity (Wildman–Crippen MR) is 172 cm³/mol. The Bertz CT molecular complexity index is 2120. The van der Waals surface area contributed by atoms with Crippen molar-refractivity contribution in [2.24, 2.45) is 0 Å². The number of pyridine rings is 1. The molecule has 5 heterocycles. The Morgan fingerprint density at radius 2 is 2.00 bits per heavy atom. The van der Waals surface area contributed by atoms with Crippen molar-refractivity contribution in [3.63, 3.8) is 0 Å². The molecule has 0 spiro atoms. The molecule has 45 heavy (non-hydrogen) atoms. The van der Waals surface area contributed by atoms with Gasteiger partial charge >= 0.3 is 5.69 Å². The molecule has 1 amide bonds. The first-order valence-corrected chi connectivity index (χ1v) is 15.2. The van der Waals surface area contributed by atoms with E-state index in [9.17, 15) is 9.59 Å². The van der Waals surface area contributed by atoms with Crippen molar-refractivity contribution >= 4 is 45.1 Å². The van der Waals surface area contributed by atoms with E-state index in [1.54, 1.807) is 23.4 Å². The minimum absolute atomic E-state index is 0.00236. The number of aromatic amines is 1. The summed E-state index contributed by atoms with van der Waals surface area (Å²) in [6.45, 7) is 12.5. The molecule has 12 heteroatoms. The van der Waals surface area contributed by atoms with Gasteiger partial charge in [-0.1, -0.05) is 38.1 Å². The zero-order chi connectivity index (χ0) is 31.7. The maximum absolute atomic E-state index is 17.7. The summed E-state index contributed by atoms with van der Waals surface area (Å²) in [5.74, 6) is -0.467. The van der Waals surface area contributed by atoms with Crippen LogP contribution in [-0.4, -0.2) is 67.8 Å². The lowest BCUT2D eigenvalue weighted by Gasteiger charge is -2.40. The van der Waals surface area contributed by atoms with Gasteiger partial charge in [0.1, 0.15) is 17.9 Å². The number of nitrogens with zero attached hydrogens (tertiary/aromatic N) is 6. The van der Waals surface area contributed by atoms with Crippen LogP contribution in [0.25, 0.3) is 38.6 Å². The largest absolute Gasteiger partial charge is 0.489 e. The normalized spacial score (nSPS) is 16.2. The summed E-state index contributed by atoms with van der Waals surface area (Å²) in [5.41, 5.74) is 3.30. The fraction of sp³-hybridized carbons (Fsp3) is 0.303. The van der Waals surface area contributed by atoms with Crippen molar-refractivity contribution in [2.45, 2.75) is 39.7 Å². The smallest absolute Gasteiger partial charge is 0.354 e. The summed E-state index contributed by atoms with van der Waals surface area (Å²) >= 11 is 7.18. The molecular formula is C33H31ClFN7O3. The van der Waals surface area contributed by atoms with E-state index in [0.717, 1.165) is 11.1 Å². The Morgan fingerprint density at radius 1 is 1.20 bits per heavy atom. The van der Waals surface area contributed by atoms with Crippen LogP contribution in [0, 0.1) is 19.7 Å². The van der Waals surface area contributed by atoms with Gasteiger partial charge in [0.2, 0.25) is 5.91 Å². The minimum Gasteiger partial charge on any atom is -0.489 e. The quantitative estimate of drug-likeness (QED) is 0.264. The van der Waals surface area contributed by atoms with Gasteiger partial charge in [-0.25, -0.2) is 9.18 Å². The molecule has 0 radical (unpaired) electrons. The number of benzene rings is 2. The fourth-order valence-electron chi connectivity index (χ4n) is 6.66. The molecule has 1 fully saturated rings. The highest BCUT2D eigenvalue weighted by Crippen LogP contribution is 2.50. The van der Waals surface area contributed by atoms with E-state index in [2.05, 4.69) is 26.7 Å². The molecule has 0 bridgehead atoms. The third-order valence-electron chi connectivity index (χ3n) is 8.82. The van der Waals surface area contributed by atoms with Gasteiger partial charge in [0, 0.05) is 42.3 Å². The number of aryl methyl sites for hydroxylation is 2. The third-order valence-corrected chi connectivity index (χ3v) is 9.18. The second-order valence-electron chi connectivity index (χ2n) is 11.9. The molecule has 10 nitrogen and oxygen atoms in total. The van der Waals surface area contributed by atoms with Gasteiger partial charge < -0.3 is 14.5 Å². The van der Waals surface area contributed by atoms with Crippen LogP contribution in [0.3, 0.4) is 0 Å². The molecule has 3 aromatic heterocycles. The van der Waals surface area contributed by atoms with E-state index < -0.39 is 11.5 Å². The van der Waals surface area contributed by atoms with Crippen LogP contribution in [0.5, 0.6) is 5.75 Å². The number of halogens is 2. The number of carbonyl (C=O) groups excluding carboxylic acids is 1. The Labute approximate surface area is 263 Å². The lowest BCUT2D eigenvalue weighted by Crippen LogP contribution is -2.56. The number of aromatic nitrogens is 5. The van der Waals surface area contributed by atoms with E-state index in [4.69, 9.17) is 16.3 Å². The highest BCUT2D eigenvalue weighted by atomic mass is 35.5. The highest BCUT2D eigenvalue weighted by Gasteiger charge is 2.38. The number of carbonyl (C=O) groups is 1. The van der Waals surface area contributed by atoms with Crippen molar-refractivity contribution in [3.8, 4) is 22.6 Å². The van der Waals surface area contributed by atoms with E-state index >= 15 is 4.39 Å². The first kappa shape index (κ1) is 29.0. The molecule has 2 aromatic carbocycles. The summed E-state index contributed by atoms with van der Waals surface area (Å²) in [6, 6.07) is 5.17. The van der Waals surface area contributed by atoms with Crippen LogP contribution in [0.1, 0.15) is 36.6 Å². The van der Waals surface area contributed by atoms with Crippen LogP contribution in [0.15, 0.2) is 48.0 Å². The predicted octanol–water partition coefficient (Wildman–Crippen LogP) is 5.45. The van der Waals surface area contributed by atoms with Crippen molar-refractivity contribution in [1.29, 1.82) is 0 Å². The van der Waals surface area contributed by atoms with Gasteiger partial charge in [0.15, 0.2) is 11.6 Å². The number of amides is 1. The molecule has 1 saturated heterocycles. The average molecular weight is 628 g/mol. The van der Waals surface area contributed by atoms with Crippen LogP contribution in [0.4, 0.5) is 10.2 Å². The minimum atomic E-state index is -0.684. The molecule has 5 aromatic rings. The topological polar surface area (TPSA) is 109 Å². The van der Waals surface area contributed by atoms with Crippen molar-refractivity contribution in [1.82, 2.24) is 29.6 Å². The van der Waals surface area contributed by atoms with Crippen LogP contribution >= 0.6 is 11.6 Å². The monoisotopic (exact) mass is 627 g/mol. The zero-order valence-corrected chi connectivity index (χ0v) is 26.1. The van der Waals surface area contributed by atoms with Crippen molar-refractivity contribution < 1.29 is 13.9 Å². The molecule has 7 rings (SSSR count). The summed E-state index contributed by atoms with van der Waals surface area (Å²) in [7, 11) is 0. The Hall–Kier alpha value is -4.77. The third kappa shape index (κ3) is 4.32. The number of hydrogen-bond donors (Lipinski definition) is 1. The summed E-state index contributed by atoms with van der Waals surface area (Å²) < 4.78 is 25.4. The van der Waals surface area contributed by atoms with Crippen LogP contribution in [0.2, 0.25) is 5.02 Å². The van der Waals surface area contributed by atoms with Gasteiger partial charge in [-0.3, -0.25) is 19.4 Å². The van der Waals surface area contributed by atoms with E-state index in [1.807, 2.05) is 44.7 Å². The highest BCUT2D eigenvalue weighted by molar-refractivity contribution is 6.37. The summed E-state index contributed by atoms with van der Waals surface area (Å²) in [6.07, 6.45) is 4.59. The van der Waals surface area contributed by atoms with Crippen molar-refractivity contribution in [2.75, 3.05) is 31.1 Å². The summed E-state index contributed by atoms with van der Waals surface area (Å²) in [4.78, 5) is 39.6. The number of hydrogen-bond acceptors (Lipinski definition) is 7. The van der Waals surface area contributed by atoms with Gasteiger partial charge in [-0.05, 0) is 49.1 Å². The van der Waals surface area contributed by atoms with E-state index in [-0.39, 0.29) is 52.1 Å². The average Bonchev–Trinajstić information content (AvgIpc) is 3.44. The second-order valence-corrected chi connectivity index (χ2v) is 12.2. The number of nitrogens with one attached hydrogen (secondary N) is 1. The number of fused-ring (bicyclic) bond motifs is 3. The fourth-order valence-corrected chi connectivity index (χ4v) is 6.99. The Kier molecular flexibility index (Phi) is 6.88. The Morgan fingerprint density at radius 3 is 2.76 bits per heavy atom. The molecule has 1 N–H and O–H groups in total. The second kappa shape index (κ2) is 10.7. The molecule has 1 atom stereocenters. The Balaban J connectivity index is 1.62. The maximum Gasteiger partial charge on any atom is 0.354 e. The standard InChI is InChI=1S/C33H31ClFN7O3/c1-6-22(43)40-11-12-41-19(14-40)15-45-31-25-30(27(35)24(26(31)34)23-17(4)7-8-21-20(23)13-37-39-21)42(33(44)38-32(25)41)29-18(5)9-10-36-28(29)16(2)3/h6-10,13,16,19H,1,11-12,14-15H2,2-5H3,(H,37,39). The SMILES string of the molecule is C=CC(=O)N1CCN2c3nc(=O)n(-c4c(C)ccnc4C(C)C)c4c(F)c(-c5c(C)ccc6[nH]ncc56)c(Cl)c(c34)OCC2C1.